The van der Waals surface area contributed by atoms with E-state index in [9.17, 15) is 18.5 Å². The number of nitro benzene ring substituents is 1. The molecule has 0 aliphatic heterocycles. The first-order chi connectivity index (χ1) is 14.4. The van der Waals surface area contributed by atoms with Gasteiger partial charge in [0, 0.05) is 18.3 Å². The number of para-hydroxylation sites is 2. The first-order valence-corrected chi connectivity index (χ1v) is 10.5. The summed E-state index contributed by atoms with van der Waals surface area (Å²) in [6, 6.07) is 15.5. The molecule has 150 valence electrons. The highest BCUT2D eigenvalue weighted by molar-refractivity contribution is 7.90. The summed E-state index contributed by atoms with van der Waals surface area (Å²) in [5.41, 5.74) is 1.66. The third-order valence-electron chi connectivity index (χ3n) is 4.28. The molecule has 0 saturated heterocycles. The maximum absolute atomic E-state index is 13.0. The summed E-state index contributed by atoms with van der Waals surface area (Å²) in [4.78, 5) is 23.3. The predicted molar refractivity (Wildman–Crippen MR) is 111 cm³/mol. The summed E-state index contributed by atoms with van der Waals surface area (Å²) in [5.74, 6) is -0.204. The Bertz CT molecular complexity index is 1340. The third kappa shape index (κ3) is 4.08. The Kier molecular flexibility index (Phi) is 5.07. The SMILES string of the molecule is O=[N+]([O-])c1cccc(S(=O)(=O)Cc2nc3ccccc3nc2Nc2cccnc2)c1. The van der Waals surface area contributed by atoms with Crippen molar-refractivity contribution in [1.82, 2.24) is 15.0 Å². The quantitative estimate of drug-likeness (QED) is 0.369. The number of aromatic nitrogens is 3. The van der Waals surface area contributed by atoms with Crippen molar-refractivity contribution in [2.45, 2.75) is 10.6 Å². The summed E-state index contributed by atoms with van der Waals surface area (Å²) in [6.45, 7) is 0. The van der Waals surface area contributed by atoms with E-state index in [-0.39, 0.29) is 22.1 Å². The van der Waals surface area contributed by atoms with Crippen LogP contribution in [-0.2, 0) is 15.6 Å². The molecule has 2 heterocycles. The van der Waals surface area contributed by atoms with Gasteiger partial charge in [-0.15, -0.1) is 0 Å². The van der Waals surface area contributed by atoms with E-state index in [2.05, 4.69) is 20.3 Å². The van der Waals surface area contributed by atoms with Crippen LogP contribution in [0.1, 0.15) is 5.69 Å². The van der Waals surface area contributed by atoms with Crippen LogP contribution in [-0.4, -0.2) is 28.3 Å². The van der Waals surface area contributed by atoms with Gasteiger partial charge in [-0.25, -0.2) is 18.4 Å². The summed E-state index contributed by atoms with van der Waals surface area (Å²) >= 11 is 0. The lowest BCUT2D eigenvalue weighted by molar-refractivity contribution is -0.385. The van der Waals surface area contributed by atoms with E-state index in [1.165, 1.54) is 18.2 Å². The first kappa shape index (κ1) is 19.4. The number of non-ortho nitro benzene ring substituents is 1. The van der Waals surface area contributed by atoms with Crippen molar-refractivity contribution in [2.75, 3.05) is 5.32 Å². The lowest BCUT2D eigenvalue weighted by Gasteiger charge is -2.12. The van der Waals surface area contributed by atoms with Crippen molar-refractivity contribution in [3.63, 3.8) is 0 Å². The predicted octanol–water partition coefficient (Wildman–Crippen LogP) is 3.65. The molecule has 4 rings (SSSR count). The number of hydrogen-bond acceptors (Lipinski definition) is 8. The van der Waals surface area contributed by atoms with Crippen LogP contribution in [0.25, 0.3) is 11.0 Å². The van der Waals surface area contributed by atoms with Crippen molar-refractivity contribution >= 4 is 38.1 Å². The average Bonchev–Trinajstić information content (AvgIpc) is 2.75. The van der Waals surface area contributed by atoms with Crippen LogP contribution in [0.3, 0.4) is 0 Å². The van der Waals surface area contributed by atoms with Gasteiger partial charge in [0.25, 0.3) is 5.69 Å². The Labute approximate surface area is 171 Å². The van der Waals surface area contributed by atoms with Crippen molar-refractivity contribution in [1.29, 1.82) is 0 Å². The highest BCUT2D eigenvalue weighted by atomic mass is 32.2. The zero-order valence-electron chi connectivity index (χ0n) is 15.5. The van der Waals surface area contributed by atoms with Gasteiger partial charge in [-0.3, -0.25) is 15.1 Å². The Balaban J connectivity index is 1.78. The van der Waals surface area contributed by atoms with Gasteiger partial charge < -0.3 is 5.32 Å². The molecule has 2 aromatic heterocycles. The number of nitrogens with one attached hydrogen (secondary N) is 1. The summed E-state index contributed by atoms with van der Waals surface area (Å²) in [5, 5.41) is 14.1. The highest BCUT2D eigenvalue weighted by Crippen LogP contribution is 2.26. The molecule has 0 aliphatic rings. The molecule has 0 amide bonds. The topological polar surface area (TPSA) is 128 Å². The molecule has 30 heavy (non-hydrogen) atoms. The van der Waals surface area contributed by atoms with Gasteiger partial charge in [-0.1, -0.05) is 18.2 Å². The third-order valence-corrected chi connectivity index (χ3v) is 5.91. The van der Waals surface area contributed by atoms with Crippen LogP contribution in [0, 0.1) is 10.1 Å². The molecule has 2 aromatic carbocycles. The van der Waals surface area contributed by atoms with E-state index < -0.39 is 20.5 Å². The molecule has 9 nitrogen and oxygen atoms in total. The van der Waals surface area contributed by atoms with Gasteiger partial charge in [0.2, 0.25) is 0 Å². The molecule has 0 atom stereocenters. The second-order valence-electron chi connectivity index (χ2n) is 6.39. The Morgan fingerprint density at radius 1 is 0.967 bits per heavy atom. The van der Waals surface area contributed by atoms with Crippen molar-refractivity contribution in [3.05, 3.63) is 88.9 Å². The molecule has 0 fully saturated rings. The zero-order valence-corrected chi connectivity index (χ0v) is 16.3. The largest absolute Gasteiger partial charge is 0.337 e. The van der Waals surface area contributed by atoms with E-state index >= 15 is 0 Å². The number of fused-ring (bicyclic) bond motifs is 1. The van der Waals surface area contributed by atoms with Crippen LogP contribution in [0.15, 0.2) is 78.0 Å². The lowest BCUT2D eigenvalue weighted by atomic mass is 10.3. The Hall–Kier alpha value is -3.92. The van der Waals surface area contributed by atoms with Gasteiger partial charge >= 0.3 is 0 Å². The van der Waals surface area contributed by atoms with E-state index in [4.69, 9.17) is 0 Å². The fourth-order valence-corrected chi connectivity index (χ4v) is 4.18. The van der Waals surface area contributed by atoms with E-state index in [1.54, 1.807) is 42.7 Å². The summed E-state index contributed by atoms with van der Waals surface area (Å²) in [6.07, 6.45) is 3.20. The smallest absolute Gasteiger partial charge is 0.270 e. The average molecular weight is 421 g/mol. The first-order valence-electron chi connectivity index (χ1n) is 8.82. The van der Waals surface area contributed by atoms with Crippen LogP contribution in [0.4, 0.5) is 17.2 Å². The number of benzene rings is 2. The molecule has 0 spiro atoms. The standard InChI is InChI=1S/C20H15N5O4S/c26-25(27)15-6-3-7-16(11-15)30(28,29)13-19-20(22-14-5-4-10-21-12-14)24-18-9-2-1-8-17(18)23-19/h1-12H,13H2,(H,22,24). The normalized spacial score (nSPS) is 11.3. The zero-order chi connectivity index (χ0) is 21.1. The van der Waals surface area contributed by atoms with E-state index in [0.29, 0.717) is 16.7 Å². The molecular formula is C20H15N5O4S. The maximum Gasteiger partial charge on any atom is 0.270 e. The fraction of sp³-hybridized carbons (Fsp3) is 0.0500. The monoisotopic (exact) mass is 421 g/mol. The van der Waals surface area contributed by atoms with E-state index in [1.807, 2.05) is 6.07 Å². The number of hydrogen-bond donors (Lipinski definition) is 1. The molecule has 0 aliphatic carbocycles. The second-order valence-corrected chi connectivity index (χ2v) is 8.38. The van der Waals surface area contributed by atoms with Crippen molar-refractivity contribution in [2.24, 2.45) is 0 Å². The molecule has 0 radical (unpaired) electrons. The van der Waals surface area contributed by atoms with Gasteiger partial charge in [-0.2, -0.15) is 0 Å². The highest BCUT2D eigenvalue weighted by Gasteiger charge is 2.22. The van der Waals surface area contributed by atoms with Crippen molar-refractivity contribution < 1.29 is 13.3 Å². The molecule has 0 unspecified atom stereocenters. The second kappa shape index (κ2) is 7.84. The van der Waals surface area contributed by atoms with Crippen LogP contribution in [0.5, 0.6) is 0 Å². The molecule has 0 saturated carbocycles. The van der Waals surface area contributed by atoms with Crippen LogP contribution >= 0.6 is 0 Å². The minimum Gasteiger partial charge on any atom is -0.337 e. The number of pyridine rings is 1. The molecule has 10 heteroatoms. The van der Waals surface area contributed by atoms with Gasteiger partial charge in [-0.05, 0) is 30.3 Å². The molecule has 0 bridgehead atoms. The fourth-order valence-electron chi connectivity index (χ4n) is 2.86. The van der Waals surface area contributed by atoms with Crippen LogP contribution < -0.4 is 5.32 Å². The van der Waals surface area contributed by atoms with Gasteiger partial charge in [0.05, 0.1) is 38.4 Å². The summed E-state index contributed by atoms with van der Waals surface area (Å²) < 4.78 is 26.0. The molecular weight excluding hydrogens is 406 g/mol. The number of nitro groups is 1. The minimum absolute atomic E-state index is 0.154. The minimum atomic E-state index is -3.92. The van der Waals surface area contributed by atoms with E-state index in [0.717, 1.165) is 6.07 Å². The maximum atomic E-state index is 13.0. The molecule has 1 N–H and O–H groups in total. The Morgan fingerprint density at radius 2 is 1.73 bits per heavy atom. The Morgan fingerprint density at radius 3 is 2.43 bits per heavy atom. The van der Waals surface area contributed by atoms with Gasteiger partial charge in [0.1, 0.15) is 5.75 Å². The number of sulfone groups is 1. The molecule has 4 aromatic rings. The number of nitrogens with zero attached hydrogens (tertiary/aromatic N) is 4. The van der Waals surface area contributed by atoms with Crippen molar-refractivity contribution in [3.8, 4) is 0 Å². The summed E-state index contributed by atoms with van der Waals surface area (Å²) in [7, 11) is -3.92. The number of rotatable bonds is 6. The number of anilines is 2. The van der Waals surface area contributed by atoms with Gasteiger partial charge in [0.15, 0.2) is 15.7 Å². The van der Waals surface area contributed by atoms with Crippen LogP contribution in [0.2, 0.25) is 0 Å². The lowest BCUT2D eigenvalue weighted by Crippen LogP contribution is -2.10.